The van der Waals surface area contributed by atoms with Crippen LogP contribution in [-0.2, 0) is 6.18 Å². The maximum Gasteiger partial charge on any atom is 0.419 e. The van der Waals surface area contributed by atoms with Gasteiger partial charge < -0.3 is 0 Å². The lowest BCUT2D eigenvalue weighted by atomic mass is 10.0. The van der Waals surface area contributed by atoms with Gasteiger partial charge in [-0.3, -0.25) is 4.68 Å². The average Bonchev–Trinajstić information content (AvgIpc) is 2.82. The molecule has 0 aliphatic heterocycles. The van der Waals surface area contributed by atoms with Crippen LogP contribution in [0.25, 0.3) is 0 Å². The molecule has 0 saturated heterocycles. The molecular formula is C13H12ClF3N2. The molecule has 19 heavy (non-hydrogen) atoms. The first-order chi connectivity index (χ1) is 8.93. The third-order valence-electron chi connectivity index (χ3n) is 2.90. The number of alkyl halides is 3. The fourth-order valence-electron chi connectivity index (χ4n) is 1.95. The van der Waals surface area contributed by atoms with Crippen molar-refractivity contribution in [1.29, 1.82) is 0 Å². The second kappa shape index (κ2) is 5.25. The Labute approximate surface area is 113 Å². The fourth-order valence-corrected chi connectivity index (χ4v) is 2.21. The summed E-state index contributed by atoms with van der Waals surface area (Å²) in [6, 6.07) is 6.80. The molecule has 2 nitrogen and oxygen atoms in total. The molecule has 1 heterocycles. The van der Waals surface area contributed by atoms with Crippen molar-refractivity contribution in [1.82, 2.24) is 9.78 Å². The Morgan fingerprint density at radius 2 is 2.00 bits per heavy atom. The second-order valence-corrected chi connectivity index (χ2v) is 4.56. The molecule has 0 aliphatic rings. The van der Waals surface area contributed by atoms with E-state index in [1.807, 2.05) is 6.92 Å². The summed E-state index contributed by atoms with van der Waals surface area (Å²) in [5.41, 5.74) is 0.0153. The van der Waals surface area contributed by atoms with E-state index in [2.05, 4.69) is 5.10 Å². The molecule has 0 radical (unpaired) electrons. The highest BCUT2D eigenvalue weighted by molar-refractivity contribution is 6.31. The summed E-state index contributed by atoms with van der Waals surface area (Å²) in [6.07, 6.45) is -1.93. The van der Waals surface area contributed by atoms with Gasteiger partial charge in [-0.2, -0.15) is 18.3 Å². The van der Waals surface area contributed by atoms with E-state index in [1.54, 1.807) is 24.3 Å². The van der Waals surface area contributed by atoms with Crippen molar-refractivity contribution in [3.63, 3.8) is 0 Å². The summed E-state index contributed by atoms with van der Waals surface area (Å²) >= 11 is 6.08. The van der Waals surface area contributed by atoms with Gasteiger partial charge in [0.05, 0.1) is 17.8 Å². The van der Waals surface area contributed by atoms with Gasteiger partial charge in [-0.15, -0.1) is 0 Å². The smallest absolute Gasteiger partial charge is 0.265 e. The molecule has 0 amide bonds. The maximum atomic E-state index is 12.6. The van der Waals surface area contributed by atoms with Gasteiger partial charge in [0.1, 0.15) is 0 Å². The van der Waals surface area contributed by atoms with Crippen LogP contribution in [0.15, 0.2) is 36.7 Å². The van der Waals surface area contributed by atoms with Crippen molar-refractivity contribution < 1.29 is 13.2 Å². The summed E-state index contributed by atoms with van der Waals surface area (Å²) in [5.74, 6) is 0. The minimum absolute atomic E-state index is 0.301. The predicted octanol–water partition coefficient (Wildman–Crippen LogP) is 4.55. The van der Waals surface area contributed by atoms with E-state index >= 15 is 0 Å². The minimum Gasteiger partial charge on any atom is -0.265 e. The lowest BCUT2D eigenvalue weighted by Gasteiger charge is -2.17. The number of hydrogen-bond donors (Lipinski definition) is 0. The molecule has 0 aliphatic carbocycles. The Kier molecular flexibility index (Phi) is 3.85. The fraction of sp³-hybridized carbons (Fsp3) is 0.308. The molecule has 1 aromatic carbocycles. The van der Waals surface area contributed by atoms with Crippen LogP contribution < -0.4 is 0 Å². The first kappa shape index (κ1) is 13.9. The zero-order valence-corrected chi connectivity index (χ0v) is 10.9. The van der Waals surface area contributed by atoms with Crippen LogP contribution in [0.1, 0.15) is 30.5 Å². The zero-order chi connectivity index (χ0) is 14.0. The standard InChI is InChI=1S/C13H12ClF3N2/c1-2-12(10-5-3-4-6-11(10)14)19-8-9(7-18-19)13(15,16)17/h3-8,12H,2H2,1H3/t12-/m1/s1. The van der Waals surface area contributed by atoms with Gasteiger partial charge in [0.15, 0.2) is 0 Å². The van der Waals surface area contributed by atoms with Crippen molar-refractivity contribution in [3.8, 4) is 0 Å². The lowest BCUT2D eigenvalue weighted by molar-refractivity contribution is -0.137. The molecule has 0 fully saturated rings. The zero-order valence-electron chi connectivity index (χ0n) is 10.2. The molecule has 1 atom stereocenters. The third-order valence-corrected chi connectivity index (χ3v) is 3.24. The SMILES string of the molecule is CC[C@H](c1ccccc1Cl)n1cc(C(F)(F)F)cn1. The Hall–Kier alpha value is -1.49. The Morgan fingerprint density at radius 1 is 1.32 bits per heavy atom. The summed E-state index contributed by atoms with van der Waals surface area (Å²) in [7, 11) is 0. The van der Waals surface area contributed by atoms with Crippen LogP contribution in [-0.4, -0.2) is 9.78 Å². The van der Waals surface area contributed by atoms with E-state index < -0.39 is 11.7 Å². The largest absolute Gasteiger partial charge is 0.419 e. The number of rotatable bonds is 3. The first-order valence-corrected chi connectivity index (χ1v) is 6.17. The number of nitrogens with zero attached hydrogens (tertiary/aromatic N) is 2. The first-order valence-electron chi connectivity index (χ1n) is 5.79. The van der Waals surface area contributed by atoms with E-state index in [-0.39, 0.29) is 6.04 Å². The molecule has 2 aromatic rings. The molecule has 0 spiro atoms. The highest BCUT2D eigenvalue weighted by Crippen LogP contribution is 2.32. The van der Waals surface area contributed by atoms with E-state index in [0.29, 0.717) is 11.4 Å². The van der Waals surface area contributed by atoms with E-state index in [1.165, 1.54) is 4.68 Å². The Bertz CT molecular complexity index is 563. The second-order valence-electron chi connectivity index (χ2n) is 4.15. The number of aromatic nitrogens is 2. The summed E-state index contributed by atoms with van der Waals surface area (Å²) in [6.45, 7) is 1.88. The molecule has 6 heteroatoms. The minimum atomic E-state index is -4.38. The van der Waals surface area contributed by atoms with Crippen molar-refractivity contribution in [2.75, 3.05) is 0 Å². The molecule has 0 N–H and O–H groups in total. The van der Waals surface area contributed by atoms with Crippen molar-refractivity contribution in [2.24, 2.45) is 0 Å². The number of halogens is 4. The maximum absolute atomic E-state index is 12.6. The van der Waals surface area contributed by atoms with Crippen LogP contribution in [0.2, 0.25) is 5.02 Å². The Morgan fingerprint density at radius 3 is 2.53 bits per heavy atom. The average molecular weight is 289 g/mol. The molecule has 0 unspecified atom stereocenters. The van der Waals surface area contributed by atoms with Gasteiger partial charge in [-0.1, -0.05) is 36.7 Å². The molecule has 102 valence electrons. The van der Waals surface area contributed by atoms with Crippen LogP contribution >= 0.6 is 11.6 Å². The molecule has 2 rings (SSSR count). The van der Waals surface area contributed by atoms with E-state index in [0.717, 1.165) is 18.0 Å². The van der Waals surface area contributed by atoms with Gasteiger partial charge >= 0.3 is 6.18 Å². The predicted molar refractivity (Wildman–Crippen MR) is 67.1 cm³/mol. The third kappa shape index (κ3) is 2.92. The molecule has 0 bridgehead atoms. The summed E-state index contributed by atoms with van der Waals surface area (Å²) in [4.78, 5) is 0. The van der Waals surface area contributed by atoms with Gasteiger partial charge in [-0.05, 0) is 18.1 Å². The number of hydrogen-bond acceptors (Lipinski definition) is 1. The van der Waals surface area contributed by atoms with E-state index in [9.17, 15) is 13.2 Å². The van der Waals surface area contributed by atoms with Crippen LogP contribution in [0.4, 0.5) is 13.2 Å². The lowest BCUT2D eigenvalue weighted by Crippen LogP contribution is -2.11. The van der Waals surface area contributed by atoms with Crippen molar-refractivity contribution in [2.45, 2.75) is 25.6 Å². The highest BCUT2D eigenvalue weighted by Gasteiger charge is 2.33. The normalized spacial score (nSPS) is 13.5. The summed E-state index contributed by atoms with van der Waals surface area (Å²) < 4.78 is 39.0. The van der Waals surface area contributed by atoms with Gasteiger partial charge in [0.25, 0.3) is 0 Å². The quantitative estimate of drug-likeness (QED) is 0.810. The van der Waals surface area contributed by atoms with Gasteiger partial charge in [0.2, 0.25) is 0 Å². The Balaban J connectivity index is 2.38. The molecule has 0 saturated carbocycles. The van der Waals surface area contributed by atoms with E-state index in [4.69, 9.17) is 11.6 Å². The van der Waals surface area contributed by atoms with Crippen molar-refractivity contribution in [3.05, 3.63) is 52.8 Å². The van der Waals surface area contributed by atoms with Gasteiger partial charge in [-0.25, -0.2) is 0 Å². The highest BCUT2D eigenvalue weighted by atomic mass is 35.5. The monoisotopic (exact) mass is 288 g/mol. The van der Waals surface area contributed by atoms with Crippen molar-refractivity contribution >= 4 is 11.6 Å². The topological polar surface area (TPSA) is 17.8 Å². The number of benzene rings is 1. The molecule has 1 aromatic heterocycles. The molecular weight excluding hydrogens is 277 g/mol. The van der Waals surface area contributed by atoms with Gasteiger partial charge in [0, 0.05) is 11.2 Å². The van der Waals surface area contributed by atoms with Crippen LogP contribution in [0, 0.1) is 0 Å². The van der Waals surface area contributed by atoms with Crippen LogP contribution in [0.3, 0.4) is 0 Å². The van der Waals surface area contributed by atoms with Crippen LogP contribution in [0.5, 0.6) is 0 Å². The summed E-state index contributed by atoms with van der Waals surface area (Å²) in [5, 5.41) is 4.34.